The maximum Gasteiger partial charge on any atom is 0.263 e. The Labute approximate surface area is 200 Å². The van der Waals surface area contributed by atoms with Crippen molar-refractivity contribution in [2.24, 2.45) is 0 Å². The van der Waals surface area contributed by atoms with Gasteiger partial charge in [-0.25, -0.2) is 9.97 Å². The molecule has 0 radical (unpaired) electrons. The van der Waals surface area contributed by atoms with Crippen LogP contribution < -0.4 is 9.64 Å². The predicted octanol–water partition coefficient (Wildman–Crippen LogP) is 3.20. The van der Waals surface area contributed by atoms with Crippen LogP contribution in [0.2, 0.25) is 5.02 Å². The smallest absolute Gasteiger partial charge is 0.263 e. The van der Waals surface area contributed by atoms with Gasteiger partial charge in [-0.1, -0.05) is 30.2 Å². The summed E-state index contributed by atoms with van der Waals surface area (Å²) in [5.41, 5.74) is 2.21. The number of amides is 1. The molecule has 1 saturated carbocycles. The molecule has 1 atom stereocenters. The van der Waals surface area contributed by atoms with Crippen LogP contribution in [0, 0.1) is 0 Å². The Morgan fingerprint density at radius 3 is 2.58 bits per heavy atom. The number of para-hydroxylation sites is 1. The topological polar surface area (TPSA) is 61.8 Å². The third kappa shape index (κ3) is 4.94. The van der Waals surface area contributed by atoms with Crippen LogP contribution in [0.5, 0.6) is 5.75 Å². The highest BCUT2D eigenvalue weighted by Crippen LogP contribution is 2.27. The predicted molar refractivity (Wildman–Crippen MR) is 129 cm³/mol. The zero-order valence-corrected chi connectivity index (χ0v) is 20.0. The highest BCUT2D eigenvalue weighted by Gasteiger charge is 2.29. The first-order valence-corrected chi connectivity index (χ1v) is 12.5. The zero-order valence-electron chi connectivity index (χ0n) is 19.3. The summed E-state index contributed by atoms with van der Waals surface area (Å²) in [6.45, 7) is 7.21. The monoisotopic (exact) mass is 469 g/mol. The first-order chi connectivity index (χ1) is 16.1. The second-order valence-electron chi connectivity index (χ2n) is 9.27. The molecule has 2 fully saturated rings. The number of hydrogen-bond donors (Lipinski definition) is 0. The first kappa shape index (κ1) is 22.4. The Bertz CT molecular complexity index is 991. The van der Waals surface area contributed by atoms with Crippen LogP contribution in [0.15, 0.2) is 30.5 Å². The van der Waals surface area contributed by atoms with Crippen LogP contribution in [0.1, 0.15) is 37.4 Å². The molecule has 7 nitrogen and oxygen atoms in total. The maximum atomic E-state index is 13.1. The molecule has 0 N–H and O–H groups in total. The quantitative estimate of drug-likeness (QED) is 0.670. The molecule has 176 valence electrons. The summed E-state index contributed by atoms with van der Waals surface area (Å²) >= 11 is 6.19. The van der Waals surface area contributed by atoms with Crippen LogP contribution in [0.3, 0.4) is 0 Å². The lowest BCUT2D eigenvalue weighted by atomic mass is 9.91. The number of hydrogen-bond acceptors (Lipinski definition) is 6. The normalized spacial score (nSPS) is 20.5. The van der Waals surface area contributed by atoms with Crippen molar-refractivity contribution in [1.29, 1.82) is 0 Å². The second-order valence-corrected chi connectivity index (χ2v) is 9.67. The summed E-state index contributed by atoms with van der Waals surface area (Å²) in [5.74, 6) is 1.34. The number of fused-ring (bicyclic) bond motifs is 1. The van der Waals surface area contributed by atoms with Crippen LogP contribution in [0.25, 0.3) is 0 Å². The van der Waals surface area contributed by atoms with Gasteiger partial charge in [-0.05, 0) is 43.9 Å². The molecule has 0 spiro atoms. The largest absolute Gasteiger partial charge is 0.479 e. The number of rotatable bonds is 5. The molecule has 8 heteroatoms. The van der Waals surface area contributed by atoms with E-state index in [1.807, 2.05) is 23.2 Å². The van der Waals surface area contributed by atoms with E-state index in [9.17, 15) is 4.79 Å². The van der Waals surface area contributed by atoms with E-state index >= 15 is 0 Å². The fourth-order valence-electron chi connectivity index (χ4n) is 4.91. The van der Waals surface area contributed by atoms with Crippen LogP contribution >= 0.6 is 11.6 Å². The highest BCUT2D eigenvalue weighted by molar-refractivity contribution is 6.32. The molecule has 1 saturated heterocycles. The van der Waals surface area contributed by atoms with Gasteiger partial charge in [0.05, 0.1) is 10.7 Å². The average Bonchev–Trinajstić information content (AvgIpc) is 3.01. The van der Waals surface area contributed by atoms with E-state index in [2.05, 4.69) is 14.8 Å². The van der Waals surface area contributed by atoms with Gasteiger partial charge in [0.2, 0.25) is 5.95 Å². The molecule has 1 aromatic heterocycles. The number of aromatic nitrogens is 2. The Morgan fingerprint density at radius 2 is 1.85 bits per heavy atom. The van der Waals surface area contributed by atoms with Crippen molar-refractivity contribution < 1.29 is 9.53 Å². The molecular formula is C25H32ClN5O2. The minimum atomic E-state index is -0.597. The third-order valence-corrected chi connectivity index (χ3v) is 7.51. The number of nitrogens with zero attached hydrogens (tertiary/aromatic N) is 5. The summed E-state index contributed by atoms with van der Waals surface area (Å²) in [5, 5.41) is 0.511. The highest BCUT2D eigenvalue weighted by atomic mass is 35.5. The van der Waals surface area contributed by atoms with Gasteiger partial charge < -0.3 is 14.5 Å². The lowest BCUT2D eigenvalue weighted by Gasteiger charge is -2.43. The van der Waals surface area contributed by atoms with E-state index in [0.29, 0.717) is 23.9 Å². The van der Waals surface area contributed by atoms with Crippen molar-refractivity contribution in [1.82, 2.24) is 19.8 Å². The number of piperazine rings is 1. The zero-order chi connectivity index (χ0) is 22.8. The van der Waals surface area contributed by atoms with E-state index in [0.717, 1.165) is 62.3 Å². The molecule has 33 heavy (non-hydrogen) atoms. The lowest BCUT2D eigenvalue weighted by Crippen LogP contribution is -2.52. The average molecular weight is 470 g/mol. The molecule has 1 aliphatic carbocycles. The minimum Gasteiger partial charge on any atom is -0.479 e. The van der Waals surface area contributed by atoms with Crippen LogP contribution in [-0.2, 0) is 17.6 Å². The van der Waals surface area contributed by atoms with Gasteiger partial charge in [-0.15, -0.1) is 0 Å². The standard InChI is InChI=1S/C25H32ClN5O2/c1-18(33-23-8-3-2-7-21(23)26)24(32)30-11-9-19-17-27-25(28-22(19)10-12-30)31-15-13-29(14-16-31)20-5-4-6-20/h2-3,7-8,17-18,20H,4-6,9-16H2,1H3. The Balaban J connectivity index is 1.19. The Hall–Kier alpha value is -2.38. The van der Waals surface area contributed by atoms with Gasteiger partial charge in [-0.3, -0.25) is 9.69 Å². The van der Waals surface area contributed by atoms with Gasteiger partial charge in [0, 0.05) is 57.9 Å². The first-order valence-electron chi connectivity index (χ1n) is 12.1. The molecular weight excluding hydrogens is 438 g/mol. The molecule has 5 rings (SSSR count). The van der Waals surface area contributed by atoms with E-state index < -0.39 is 6.10 Å². The molecule has 1 aromatic carbocycles. The summed E-state index contributed by atoms with van der Waals surface area (Å²) in [6.07, 6.45) is 6.95. The summed E-state index contributed by atoms with van der Waals surface area (Å²) in [4.78, 5) is 29.5. The van der Waals surface area contributed by atoms with E-state index in [1.165, 1.54) is 19.3 Å². The number of benzene rings is 1. The molecule has 3 aliphatic rings. The second kappa shape index (κ2) is 9.85. The van der Waals surface area contributed by atoms with Gasteiger partial charge in [0.1, 0.15) is 5.75 Å². The Kier molecular flexibility index (Phi) is 6.69. The van der Waals surface area contributed by atoms with E-state index in [1.54, 1.807) is 19.1 Å². The molecule has 1 unspecified atom stereocenters. The molecule has 2 aromatic rings. The van der Waals surface area contributed by atoms with Gasteiger partial charge >= 0.3 is 0 Å². The Morgan fingerprint density at radius 1 is 1.09 bits per heavy atom. The lowest BCUT2D eigenvalue weighted by molar-refractivity contribution is -0.137. The SMILES string of the molecule is CC(Oc1ccccc1Cl)C(=O)N1CCc2cnc(N3CCN(C4CCC4)CC3)nc2CC1. The molecule has 0 bridgehead atoms. The molecule has 3 heterocycles. The van der Waals surface area contributed by atoms with Crippen molar-refractivity contribution >= 4 is 23.5 Å². The fourth-order valence-corrected chi connectivity index (χ4v) is 5.10. The summed E-state index contributed by atoms with van der Waals surface area (Å²) in [6, 6.07) is 8.04. The van der Waals surface area contributed by atoms with Crippen molar-refractivity contribution in [2.45, 2.75) is 51.2 Å². The van der Waals surface area contributed by atoms with Crippen LogP contribution in [0.4, 0.5) is 5.95 Å². The summed E-state index contributed by atoms with van der Waals surface area (Å²) in [7, 11) is 0. The van der Waals surface area contributed by atoms with Crippen LogP contribution in [-0.4, -0.2) is 77.1 Å². The fraction of sp³-hybridized carbons (Fsp3) is 0.560. The van der Waals surface area contributed by atoms with E-state index in [4.69, 9.17) is 21.3 Å². The minimum absolute atomic E-state index is 0.0250. The van der Waals surface area contributed by atoms with Crippen molar-refractivity contribution in [2.75, 3.05) is 44.2 Å². The number of ether oxygens (including phenoxy) is 1. The number of carbonyl (C=O) groups excluding carboxylic acids is 1. The van der Waals surface area contributed by atoms with Crippen molar-refractivity contribution in [3.8, 4) is 5.75 Å². The summed E-state index contributed by atoms with van der Waals surface area (Å²) < 4.78 is 5.85. The maximum absolute atomic E-state index is 13.1. The van der Waals surface area contributed by atoms with Crippen molar-refractivity contribution in [3.63, 3.8) is 0 Å². The molecule has 2 aliphatic heterocycles. The van der Waals surface area contributed by atoms with Gasteiger partial charge in [-0.2, -0.15) is 0 Å². The molecule has 1 amide bonds. The van der Waals surface area contributed by atoms with Gasteiger partial charge in [0.25, 0.3) is 5.91 Å². The third-order valence-electron chi connectivity index (χ3n) is 7.20. The van der Waals surface area contributed by atoms with Crippen molar-refractivity contribution in [3.05, 3.63) is 46.7 Å². The number of anilines is 1. The van der Waals surface area contributed by atoms with Gasteiger partial charge in [0.15, 0.2) is 6.10 Å². The van der Waals surface area contributed by atoms with E-state index in [-0.39, 0.29) is 5.91 Å². The number of carbonyl (C=O) groups is 1. The number of halogens is 1.